The molecule has 2 amide bonds. The Bertz CT molecular complexity index is 636. The number of nitrogens with one attached hydrogen (secondary N) is 1. The molecule has 5 nitrogen and oxygen atoms in total. The van der Waals surface area contributed by atoms with Crippen molar-refractivity contribution >= 4 is 22.6 Å². The number of hydrogen-bond acceptors (Lipinski definition) is 3. The van der Waals surface area contributed by atoms with E-state index in [4.69, 9.17) is 4.74 Å². The first-order valence-electron chi connectivity index (χ1n) is 6.74. The maximum absolute atomic E-state index is 12.2. The SMILES string of the molecule is Cc1ccc2cccc(NC(=O)N3CCOCC3)c2n1. The minimum absolute atomic E-state index is 0.0934. The number of ether oxygens (including phenoxy) is 1. The predicted molar refractivity (Wildman–Crippen MR) is 77.9 cm³/mol. The zero-order chi connectivity index (χ0) is 13.9. The Kier molecular flexibility index (Phi) is 3.52. The summed E-state index contributed by atoms with van der Waals surface area (Å²) in [7, 11) is 0. The quantitative estimate of drug-likeness (QED) is 0.866. The zero-order valence-electron chi connectivity index (χ0n) is 11.4. The second-order valence-electron chi connectivity index (χ2n) is 4.86. The summed E-state index contributed by atoms with van der Waals surface area (Å²) in [6.45, 7) is 4.40. The number of rotatable bonds is 1. The van der Waals surface area contributed by atoms with Crippen molar-refractivity contribution in [3.63, 3.8) is 0 Å². The second kappa shape index (κ2) is 5.46. The topological polar surface area (TPSA) is 54.5 Å². The molecule has 2 heterocycles. The molecular weight excluding hydrogens is 254 g/mol. The largest absolute Gasteiger partial charge is 0.378 e. The molecule has 0 atom stereocenters. The third-order valence-corrected chi connectivity index (χ3v) is 3.40. The van der Waals surface area contributed by atoms with Crippen molar-refractivity contribution in [1.82, 2.24) is 9.88 Å². The van der Waals surface area contributed by atoms with Crippen molar-refractivity contribution < 1.29 is 9.53 Å². The lowest BCUT2D eigenvalue weighted by Crippen LogP contribution is -2.43. The minimum atomic E-state index is -0.0934. The number of amides is 2. The summed E-state index contributed by atoms with van der Waals surface area (Å²) < 4.78 is 5.25. The van der Waals surface area contributed by atoms with Crippen LogP contribution in [-0.4, -0.2) is 42.2 Å². The van der Waals surface area contributed by atoms with E-state index >= 15 is 0 Å². The standard InChI is InChI=1S/C15H17N3O2/c1-11-5-6-12-3-2-4-13(14(12)16-11)17-15(19)18-7-9-20-10-8-18/h2-6H,7-10H2,1H3,(H,17,19). The zero-order valence-corrected chi connectivity index (χ0v) is 11.4. The van der Waals surface area contributed by atoms with E-state index in [1.807, 2.05) is 37.3 Å². The average molecular weight is 271 g/mol. The number of morpholine rings is 1. The third-order valence-electron chi connectivity index (χ3n) is 3.40. The van der Waals surface area contributed by atoms with Crippen LogP contribution in [0.25, 0.3) is 10.9 Å². The lowest BCUT2D eigenvalue weighted by molar-refractivity contribution is 0.0565. The number of pyridine rings is 1. The van der Waals surface area contributed by atoms with Crippen molar-refractivity contribution in [2.45, 2.75) is 6.92 Å². The minimum Gasteiger partial charge on any atom is -0.378 e. The van der Waals surface area contributed by atoms with Gasteiger partial charge >= 0.3 is 6.03 Å². The molecule has 1 aromatic carbocycles. The van der Waals surface area contributed by atoms with Crippen LogP contribution >= 0.6 is 0 Å². The van der Waals surface area contributed by atoms with Crippen LogP contribution in [0.3, 0.4) is 0 Å². The number of aromatic nitrogens is 1. The van der Waals surface area contributed by atoms with E-state index in [0.29, 0.717) is 26.3 Å². The number of urea groups is 1. The summed E-state index contributed by atoms with van der Waals surface area (Å²) in [5.74, 6) is 0. The highest BCUT2D eigenvalue weighted by Crippen LogP contribution is 2.22. The van der Waals surface area contributed by atoms with Gasteiger partial charge in [-0.05, 0) is 19.1 Å². The van der Waals surface area contributed by atoms with Gasteiger partial charge in [-0.3, -0.25) is 4.98 Å². The number of anilines is 1. The molecule has 1 aromatic heterocycles. The Morgan fingerprint density at radius 3 is 2.85 bits per heavy atom. The van der Waals surface area contributed by atoms with Gasteiger partial charge in [-0.2, -0.15) is 0 Å². The fourth-order valence-corrected chi connectivity index (χ4v) is 2.31. The highest BCUT2D eigenvalue weighted by Gasteiger charge is 2.17. The number of carbonyl (C=O) groups is 1. The van der Waals surface area contributed by atoms with E-state index in [9.17, 15) is 4.79 Å². The van der Waals surface area contributed by atoms with Crippen molar-refractivity contribution in [1.29, 1.82) is 0 Å². The van der Waals surface area contributed by atoms with E-state index in [2.05, 4.69) is 10.3 Å². The van der Waals surface area contributed by atoms with Gasteiger partial charge in [0.15, 0.2) is 0 Å². The lowest BCUT2D eigenvalue weighted by atomic mass is 10.2. The second-order valence-corrected chi connectivity index (χ2v) is 4.86. The molecule has 1 aliphatic rings. The van der Waals surface area contributed by atoms with Crippen LogP contribution in [0.5, 0.6) is 0 Å². The van der Waals surface area contributed by atoms with Gasteiger partial charge < -0.3 is 15.0 Å². The molecule has 20 heavy (non-hydrogen) atoms. The Morgan fingerprint density at radius 2 is 2.05 bits per heavy atom. The Morgan fingerprint density at radius 1 is 1.25 bits per heavy atom. The van der Waals surface area contributed by atoms with Gasteiger partial charge in [-0.1, -0.05) is 18.2 Å². The van der Waals surface area contributed by atoms with Gasteiger partial charge in [0.2, 0.25) is 0 Å². The summed E-state index contributed by atoms with van der Waals surface area (Å²) in [4.78, 5) is 18.5. The first kappa shape index (κ1) is 12.9. The Balaban J connectivity index is 1.86. The van der Waals surface area contributed by atoms with E-state index in [1.54, 1.807) is 4.90 Å². The van der Waals surface area contributed by atoms with Gasteiger partial charge in [0.1, 0.15) is 0 Å². The highest BCUT2D eigenvalue weighted by molar-refractivity contribution is 5.99. The van der Waals surface area contributed by atoms with Crippen LogP contribution in [0.1, 0.15) is 5.69 Å². The molecule has 2 aromatic rings. The van der Waals surface area contributed by atoms with Crippen LogP contribution in [-0.2, 0) is 4.74 Å². The van der Waals surface area contributed by atoms with Gasteiger partial charge in [-0.15, -0.1) is 0 Å². The predicted octanol–water partition coefficient (Wildman–Crippen LogP) is 2.41. The van der Waals surface area contributed by atoms with E-state index in [-0.39, 0.29) is 6.03 Å². The molecule has 0 unspecified atom stereocenters. The fourth-order valence-electron chi connectivity index (χ4n) is 2.31. The molecule has 0 radical (unpaired) electrons. The molecular formula is C15H17N3O2. The number of aryl methyl sites for hydroxylation is 1. The van der Waals surface area contributed by atoms with Crippen LogP contribution in [0.15, 0.2) is 30.3 Å². The van der Waals surface area contributed by atoms with Gasteiger partial charge in [0, 0.05) is 24.2 Å². The monoisotopic (exact) mass is 271 g/mol. The van der Waals surface area contributed by atoms with E-state index in [1.165, 1.54) is 0 Å². The molecule has 1 saturated heterocycles. The van der Waals surface area contributed by atoms with Crippen LogP contribution < -0.4 is 5.32 Å². The molecule has 0 spiro atoms. The maximum Gasteiger partial charge on any atom is 0.322 e. The first-order chi connectivity index (χ1) is 9.74. The Hall–Kier alpha value is -2.14. The number of hydrogen-bond donors (Lipinski definition) is 1. The Labute approximate surface area is 117 Å². The van der Waals surface area contributed by atoms with Gasteiger partial charge in [0.25, 0.3) is 0 Å². The molecule has 0 saturated carbocycles. The lowest BCUT2D eigenvalue weighted by Gasteiger charge is -2.27. The van der Waals surface area contributed by atoms with Crippen LogP contribution in [0.2, 0.25) is 0 Å². The summed E-state index contributed by atoms with van der Waals surface area (Å²) in [5.41, 5.74) is 2.52. The van der Waals surface area contributed by atoms with Crippen molar-refractivity contribution in [3.8, 4) is 0 Å². The molecule has 1 N–H and O–H groups in total. The first-order valence-corrected chi connectivity index (χ1v) is 6.74. The third kappa shape index (κ3) is 2.58. The van der Waals surface area contributed by atoms with Gasteiger partial charge in [0.05, 0.1) is 24.4 Å². The molecule has 0 aliphatic carbocycles. The van der Waals surface area contributed by atoms with Gasteiger partial charge in [-0.25, -0.2) is 4.79 Å². The van der Waals surface area contributed by atoms with Crippen molar-refractivity contribution in [3.05, 3.63) is 36.0 Å². The summed E-state index contributed by atoms with van der Waals surface area (Å²) in [5, 5.41) is 3.97. The summed E-state index contributed by atoms with van der Waals surface area (Å²) >= 11 is 0. The molecule has 5 heteroatoms. The molecule has 104 valence electrons. The molecule has 0 bridgehead atoms. The molecule has 1 aliphatic heterocycles. The smallest absolute Gasteiger partial charge is 0.322 e. The summed E-state index contributed by atoms with van der Waals surface area (Å²) in [6, 6.07) is 9.69. The van der Waals surface area contributed by atoms with Crippen molar-refractivity contribution in [2.75, 3.05) is 31.6 Å². The number of fused-ring (bicyclic) bond motifs is 1. The molecule has 1 fully saturated rings. The average Bonchev–Trinajstić information content (AvgIpc) is 2.49. The molecule has 3 rings (SSSR count). The van der Waals surface area contributed by atoms with Crippen LogP contribution in [0.4, 0.5) is 10.5 Å². The number of carbonyl (C=O) groups excluding carboxylic acids is 1. The van der Waals surface area contributed by atoms with E-state index < -0.39 is 0 Å². The van der Waals surface area contributed by atoms with Crippen LogP contribution in [0, 0.1) is 6.92 Å². The summed E-state index contributed by atoms with van der Waals surface area (Å²) in [6.07, 6.45) is 0. The normalized spacial score (nSPS) is 15.3. The number of nitrogens with zero attached hydrogens (tertiary/aromatic N) is 2. The number of para-hydroxylation sites is 1. The fraction of sp³-hybridized carbons (Fsp3) is 0.333. The highest BCUT2D eigenvalue weighted by atomic mass is 16.5. The van der Waals surface area contributed by atoms with Crippen molar-refractivity contribution in [2.24, 2.45) is 0 Å². The van der Waals surface area contributed by atoms with E-state index in [0.717, 1.165) is 22.3 Å². The number of benzene rings is 1. The maximum atomic E-state index is 12.2.